The number of halogens is 2. The molecular weight excluding hydrogens is 259 g/mol. The minimum atomic E-state index is 0. The van der Waals surface area contributed by atoms with E-state index in [9.17, 15) is 0 Å². The Balaban J connectivity index is 0.00000128. The predicted molar refractivity (Wildman–Crippen MR) is 78.6 cm³/mol. The normalized spacial score (nSPS) is 9.88. The number of hydrogen-bond acceptors (Lipinski definition) is 3. The molecule has 1 aromatic carbocycles. The lowest BCUT2D eigenvalue weighted by Gasteiger charge is -2.12. The summed E-state index contributed by atoms with van der Waals surface area (Å²) < 4.78 is 2.14. The van der Waals surface area contributed by atoms with Crippen molar-refractivity contribution in [2.75, 3.05) is 18.1 Å². The van der Waals surface area contributed by atoms with Gasteiger partial charge in [0.15, 0.2) is 0 Å². The van der Waals surface area contributed by atoms with Crippen LogP contribution in [0.1, 0.15) is 19.9 Å². The average molecular weight is 277 g/mol. The molecule has 0 unspecified atom stereocenters. The summed E-state index contributed by atoms with van der Waals surface area (Å²) in [6.07, 6.45) is 0. The van der Waals surface area contributed by atoms with Crippen LogP contribution in [0.3, 0.4) is 0 Å². The van der Waals surface area contributed by atoms with Crippen molar-refractivity contribution in [3.8, 4) is 0 Å². The van der Waals surface area contributed by atoms with Crippen molar-refractivity contribution in [1.82, 2.24) is 9.55 Å². The van der Waals surface area contributed by atoms with Crippen molar-refractivity contribution in [1.29, 1.82) is 0 Å². The summed E-state index contributed by atoms with van der Waals surface area (Å²) in [5, 5.41) is 3.10. The first-order valence-corrected chi connectivity index (χ1v) is 5.08. The topological polar surface area (TPSA) is 55.9 Å². The number of fused-ring (bicyclic) bond motifs is 1. The van der Waals surface area contributed by atoms with E-state index < -0.39 is 0 Å². The van der Waals surface area contributed by atoms with Gasteiger partial charge in [0, 0.05) is 18.8 Å². The van der Waals surface area contributed by atoms with E-state index in [1.807, 2.05) is 25.2 Å². The first-order chi connectivity index (χ1) is 7.13. The molecule has 0 amide bonds. The molecule has 0 saturated heterocycles. The van der Waals surface area contributed by atoms with Crippen LogP contribution >= 0.6 is 24.8 Å². The molecule has 2 rings (SSSR count). The number of anilines is 2. The standard InChI is InChI=1S/C11H16N4.2ClH/c1-7(2)15-10-6-8(12)4-5-9(10)14-11(15)13-3;;/h4-7H,12H2,1-3H3,(H,13,14);2*1H. The molecule has 4 nitrogen and oxygen atoms in total. The third kappa shape index (κ3) is 2.76. The Morgan fingerprint density at radius 1 is 1.29 bits per heavy atom. The Bertz CT molecular complexity index is 493. The third-order valence-corrected chi connectivity index (χ3v) is 2.45. The number of nitrogens with zero attached hydrogens (tertiary/aromatic N) is 2. The zero-order chi connectivity index (χ0) is 11.0. The number of nitrogen functional groups attached to an aromatic ring is 1. The third-order valence-electron chi connectivity index (χ3n) is 2.45. The van der Waals surface area contributed by atoms with Crippen LogP contribution in [-0.2, 0) is 0 Å². The van der Waals surface area contributed by atoms with E-state index in [1.165, 1.54) is 0 Å². The van der Waals surface area contributed by atoms with Gasteiger partial charge in [-0.05, 0) is 32.0 Å². The van der Waals surface area contributed by atoms with Gasteiger partial charge < -0.3 is 15.6 Å². The molecule has 3 N–H and O–H groups in total. The van der Waals surface area contributed by atoms with E-state index >= 15 is 0 Å². The van der Waals surface area contributed by atoms with Gasteiger partial charge in [-0.25, -0.2) is 4.98 Å². The first kappa shape index (κ1) is 15.9. The molecule has 0 bridgehead atoms. The lowest BCUT2D eigenvalue weighted by atomic mass is 10.2. The summed E-state index contributed by atoms with van der Waals surface area (Å²) >= 11 is 0. The summed E-state index contributed by atoms with van der Waals surface area (Å²) in [4.78, 5) is 4.49. The molecule has 0 spiro atoms. The highest BCUT2D eigenvalue weighted by molar-refractivity contribution is 5.85. The molecule has 0 radical (unpaired) electrons. The number of imidazole rings is 1. The van der Waals surface area contributed by atoms with E-state index in [1.54, 1.807) is 0 Å². The fraction of sp³-hybridized carbons (Fsp3) is 0.364. The summed E-state index contributed by atoms with van der Waals surface area (Å²) in [5.74, 6) is 0.880. The lowest BCUT2D eigenvalue weighted by molar-refractivity contribution is 0.624. The fourth-order valence-electron chi connectivity index (χ4n) is 1.81. The molecule has 0 aliphatic carbocycles. The van der Waals surface area contributed by atoms with E-state index in [4.69, 9.17) is 5.73 Å². The molecule has 2 aromatic rings. The zero-order valence-electron chi connectivity index (χ0n) is 10.1. The number of benzene rings is 1. The molecule has 1 aromatic heterocycles. The molecule has 96 valence electrons. The van der Waals surface area contributed by atoms with Gasteiger partial charge in [0.25, 0.3) is 0 Å². The smallest absolute Gasteiger partial charge is 0.203 e. The summed E-state index contributed by atoms with van der Waals surface area (Å²) in [5.41, 5.74) is 8.60. The molecular formula is C11H18Cl2N4. The molecule has 0 atom stereocenters. The van der Waals surface area contributed by atoms with Crippen LogP contribution < -0.4 is 11.1 Å². The van der Waals surface area contributed by atoms with Gasteiger partial charge in [0.2, 0.25) is 5.95 Å². The van der Waals surface area contributed by atoms with Crippen LogP contribution in [0.2, 0.25) is 0 Å². The number of hydrogen-bond donors (Lipinski definition) is 2. The van der Waals surface area contributed by atoms with Crippen molar-refractivity contribution < 1.29 is 0 Å². The largest absolute Gasteiger partial charge is 0.399 e. The van der Waals surface area contributed by atoms with E-state index in [0.29, 0.717) is 6.04 Å². The van der Waals surface area contributed by atoms with Gasteiger partial charge in [0.1, 0.15) is 0 Å². The van der Waals surface area contributed by atoms with E-state index in [2.05, 4.69) is 28.7 Å². The number of nitrogens with one attached hydrogen (secondary N) is 1. The fourth-order valence-corrected chi connectivity index (χ4v) is 1.81. The maximum atomic E-state index is 5.78. The van der Waals surface area contributed by atoms with Crippen LogP contribution in [0.4, 0.5) is 11.6 Å². The van der Waals surface area contributed by atoms with Crippen molar-refractivity contribution in [3.05, 3.63) is 18.2 Å². The first-order valence-electron chi connectivity index (χ1n) is 5.08. The molecule has 0 fully saturated rings. The lowest BCUT2D eigenvalue weighted by Crippen LogP contribution is -2.05. The second-order valence-electron chi connectivity index (χ2n) is 3.90. The van der Waals surface area contributed by atoms with E-state index in [0.717, 1.165) is 22.7 Å². The Morgan fingerprint density at radius 2 is 1.94 bits per heavy atom. The highest BCUT2D eigenvalue weighted by Gasteiger charge is 2.11. The van der Waals surface area contributed by atoms with Crippen molar-refractivity contribution in [2.24, 2.45) is 0 Å². The summed E-state index contributed by atoms with van der Waals surface area (Å²) in [6, 6.07) is 6.15. The van der Waals surface area contributed by atoms with Gasteiger partial charge in [-0.3, -0.25) is 0 Å². The Morgan fingerprint density at radius 3 is 2.47 bits per heavy atom. The average Bonchev–Trinajstić information content (AvgIpc) is 2.55. The molecule has 6 heteroatoms. The second kappa shape index (κ2) is 5.98. The molecule has 0 aliphatic heterocycles. The highest BCUT2D eigenvalue weighted by atomic mass is 35.5. The summed E-state index contributed by atoms with van der Waals surface area (Å²) in [6.45, 7) is 4.26. The number of rotatable bonds is 2. The van der Waals surface area contributed by atoms with Crippen LogP contribution in [0.15, 0.2) is 18.2 Å². The maximum absolute atomic E-state index is 5.78. The van der Waals surface area contributed by atoms with Crippen LogP contribution in [-0.4, -0.2) is 16.6 Å². The van der Waals surface area contributed by atoms with Crippen molar-refractivity contribution in [2.45, 2.75) is 19.9 Å². The van der Waals surface area contributed by atoms with Gasteiger partial charge in [-0.2, -0.15) is 0 Å². The van der Waals surface area contributed by atoms with Gasteiger partial charge in [0.05, 0.1) is 11.0 Å². The Hall–Kier alpha value is -1.13. The van der Waals surface area contributed by atoms with Crippen molar-refractivity contribution >= 4 is 47.5 Å². The SMILES string of the molecule is CNc1nc2ccc(N)cc2n1C(C)C.Cl.Cl. The van der Waals surface area contributed by atoms with Gasteiger partial charge in [-0.15, -0.1) is 24.8 Å². The van der Waals surface area contributed by atoms with E-state index in [-0.39, 0.29) is 24.8 Å². The molecule has 17 heavy (non-hydrogen) atoms. The molecule has 1 heterocycles. The predicted octanol–water partition coefficient (Wildman–Crippen LogP) is 3.08. The van der Waals surface area contributed by atoms with Crippen molar-refractivity contribution in [3.63, 3.8) is 0 Å². The minimum Gasteiger partial charge on any atom is -0.399 e. The second-order valence-corrected chi connectivity index (χ2v) is 3.90. The van der Waals surface area contributed by atoms with Gasteiger partial charge >= 0.3 is 0 Å². The molecule has 0 saturated carbocycles. The molecule has 0 aliphatic rings. The quantitative estimate of drug-likeness (QED) is 0.829. The maximum Gasteiger partial charge on any atom is 0.203 e. The Labute approximate surface area is 113 Å². The Kier molecular flexibility index (Phi) is 5.58. The highest BCUT2D eigenvalue weighted by Crippen LogP contribution is 2.25. The minimum absolute atomic E-state index is 0. The monoisotopic (exact) mass is 276 g/mol. The number of nitrogens with two attached hydrogens (primary N) is 1. The van der Waals surface area contributed by atoms with Crippen LogP contribution in [0.25, 0.3) is 11.0 Å². The van der Waals surface area contributed by atoms with Crippen LogP contribution in [0, 0.1) is 0 Å². The zero-order valence-corrected chi connectivity index (χ0v) is 11.7. The number of aromatic nitrogens is 2. The van der Waals surface area contributed by atoms with Gasteiger partial charge in [-0.1, -0.05) is 0 Å². The summed E-state index contributed by atoms with van der Waals surface area (Å²) in [7, 11) is 1.88. The van der Waals surface area contributed by atoms with Crippen LogP contribution in [0.5, 0.6) is 0 Å².